The topological polar surface area (TPSA) is 62.2 Å². The monoisotopic (exact) mass is 260 g/mol. The van der Waals surface area contributed by atoms with E-state index in [0.717, 1.165) is 5.75 Å². The summed E-state index contributed by atoms with van der Waals surface area (Å²) < 4.78 is 0. The molecule has 0 amide bonds. The van der Waals surface area contributed by atoms with Gasteiger partial charge in [0.2, 0.25) is 0 Å². The lowest BCUT2D eigenvalue weighted by Crippen LogP contribution is -2.19. The van der Waals surface area contributed by atoms with Crippen LogP contribution in [0, 0.1) is 0 Å². The van der Waals surface area contributed by atoms with Crippen LogP contribution in [-0.2, 0) is 0 Å². The fourth-order valence-corrected chi connectivity index (χ4v) is 2.07. The average molecular weight is 261 g/mol. The molecule has 1 aromatic rings. The first-order chi connectivity index (χ1) is 7.56. The number of pyridine rings is 1. The van der Waals surface area contributed by atoms with Gasteiger partial charge in [-0.2, -0.15) is 11.8 Å². The lowest BCUT2D eigenvalue weighted by molar-refractivity contribution is 0.0697. The van der Waals surface area contributed by atoms with Crippen LogP contribution in [0.2, 0.25) is 5.02 Å². The van der Waals surface area contributed by atoms with Gasteiger partial charge in [0.1, 0.15) is 5.82 Å². The molecule has 1 aromatic heterocycles. The molecule has 0 spiro atoms. The number of nitrogens with zero attached hydrogens (tertiary/aromatic N) is 1. The van der Waals surface area contributed by atoms with Crippen LogP contribution < -0.4 is 5.32 Å². The Kier molecular flexibility index (Phi) is 4.89. The summed E-state index contributed by atoms with van der Waals surface area (Å²) in [7, 11) is 0. The minimum absolute atomic E-state index is 0.0653. The number of hydrogen-bond acceptors (Lipinski definition) is 4. The Labute approximate surface area is 103 Å². The minimum Gasteiger partial charge on any atom is -0.478 e. The molecule has 0 bridgehead atoms. The van der Waals surface area contributed by atoms with Gasteiger partial charge in [-0.25, -0.2) is 9.78 Å². The molecular formula is C10H13ClN2O2S. The molecule has 2 N–H and O–H groups in total. The first kappa shape index (κ1) is 13.1. The van der Waals surface area contributed by atoms with Crippen LogP contribution in [0.5, 0.6) is 0 Å². The molecular weight excluding hydrogens is 248 g/mol. The van der Waals surface area contributed by atoms with E-state index in [9.17, 15) is 4.79 Å². The van der Waals surface area contributed by atoms with Crippen molar-refractivity contribution in [1.82, 2.24) is 4.98 Å². The maximum Gasteiger partial charge on any atom is 0.337 e. The van der Waals surface area contributed by atoms with E-state index in [2.05, 4.69) is 10.3 Å². The van der Waals surface area contributed by atoms with Gasteiger partial charge in [-0.05, 0) is 19.2 Å². The Morgan fingerprint density at radius 1 is 1.75 bits per heavy atom. The van der Waals surface area contributed by atoms with Crippen LogP contribution >= 0.6 is 23.4 Å². The molecule has 0 aliphatic rings. The van der Waals surface area contributed by atoms with E-state index in [0.29, 0.717) is 5.82 Å². The van der Waals surface area contributed by atoms with Crippen molar-refractivity contribution in [3.05, 3.63) is 22.8 Å². The quantitative estimate of drug-likeness (QED) is 0.852. The summed E-state index contributed by atoms with van der Waals surface area (Å²) in [5.74, 6) is 0.269. The molecule has 0 aliphatic heterocycles. The summed E-state index contributed by atoms with van der Waals surface area (Å²) >= 11 is 7.63. The zero-order valence-electron chi connectivity index (χ0n) is 9.03. The number of carbonyl (C=O) groups is 1. The maximum atomic E-state index is 10.8. The average Bonchev–Trinajstić information content (AvgIpc) is 2.21. The summed E-state index contributed by atoms with van der Waals surface area (Å²) in [6.45, 7) is 1.99. The molecule has 1 unspecified atom stereocenters. The van der Waals surface area contributed by atoms with Gasteiger partial charge in [-0.1, -0.05) is 11.6 Å². The van der Waals surface area contributed by atoms with Crippen LogP contribution in [0.3, 0.4) is 0 Å². The van der Waals surface area contributed by atoms with Gasteiger partial charge in [0.25, 0.3) is 0 Å². The molecule has 0 aromatic carbocycles. The van der Waals surface area contributed by atoms with Gasteiger partial charge in [-0.15, -0.1) is 0 Å². The second-order valence-electron chi connectivity index (χ2n) is 3.33. The molecule has 6 heteroatoms. The van der Waals surface area contributed by atoms with Gasteiger partial charge in [0.15, 0.2) is 0 Å². The fraction of sp³-hybridized carbons (Fsp3) is 0.400. The highest BCUT2D eigenvalue weighted by Crippen LogP contribution is 2.24. The first-order valence-corrected chi connectivity index (χ1v) is 6.46. The number of anilines is 1. The van der Waals surface area contributed by atoms with E-state index in [1.165, 1.54) is 12.3 Å². The summed E-state index contributed by atoms with van der Waals surface area (Å²) in [6.07, 6.45) is 3.43. The normalized spacial score (nSPS) is 12.2. The molecule has 0 saturated carbocycles. The zero-order valence-corrected chi connectivity index (χ0v) is 10.6. The predicted molar refractivity (Wildman–Crippen MR) is 67.7 cm³/mol. The molecule has 1 rings (SSSR count). The van der Waals surface area contributed by atoms with Crippen molar-refractivity contribution in [1.29, 1.82) is 0 Å². The van der Waals surface area contributed by atoms with Crippen LogP contribution in [-0.4, -0.2) is 34.1 Å². The van der Waals surface area contributed by atoms with E-state index in [1.54, 1.807) is 11.8 Å². The van der Waals surface area contributed by atoms with Crippen molar-refractivity contribution in [2.75, 3.05) is 17.3 Å². The third-order valence-electron chi connectivity index (χ3n) is 1.92. The highest BCUT2D eigenvalue weighted by Gasteiger charge is 2.14. The van der Waals surface area contributed by atoms with E-state index < -0.39 is 5.97 Å². The van der Waals surface area contributed by atoms with Crippen molar-refractivity contribution < 1.29 is 9.90 Å². The van der Waals surface area contributed by atoms with Crippen LogP contribution in [0.4, 0.5) is 5.82 Å². The predicted octanol–water partition coefficient (Wildman–Crippen LogP) is 2.60. The second kappa shape index (κ2) is 5.96. The van der Waals surface area contributed by atoms with Crippen LogP contribution in [0.15, 0.2) is 12.3 Å². The number of aromatic nitrogens is 1. The van der Waals surface area contributed by atoms with E-state index in [4.69, 9.17) is 16.7 Å². The minimum atomic E-state index is -1.05. The van der Waals surface area contributed by atoms with Crippen molar-refractivity contribution in [2.45, 2.75) is 13.0 Å². The van der Waals surface area contributed by atoms with E-state index in [1.807, 2.05) is 13.2 Å². The molecule has 88 valence electrons. The zero-order chi connectivity index (χ0) is 12.1. The number of rotatable bonds is 5. The molecule has 0 aliphatic carbocycles. The number of nitrogens with one attached hydrogen (secondary N) is 1. The number of aromatic carboxylic acids is 1. The standard InChI is InChI=1S/C10H13ClN2O2S/c1-6(5-16-2)13-9-8(11)7(10(14)15)3-4-12-9/h3-4,6H,5H2,1-2H3,(H,12,13)(H,14,15). The molecule has 16 heavy (non-hydrogen) atoms. The maximum absolute atomic E-state index is 10.8. The number of halogens is 1. The lowest BCUT2D eigenvalue weighted by Gasteiger charge is -2.14. The van der Waals surface area contributed by atoms with Crippen molar-refractivity contribution >= 4 is 35.1 Å². The first-order valence-electron chi connectivity index (χ1n) is 4.69. The Hall–Kier alpha value is -0.940. The Bertz CT molecular complexity index is 387. The molecule has 1 atom stereocenters. The van der Waals surface area contributed by atoms with Crippen LogP contribution in [0.1, 0.15) is 17.3 Å². The number of carboxylic acid groups (broad SMARTS) is 1. The molecule has 0 saturated heterocycles. The van der Waals surface area contributed by atoms with Crippen molar-refractivity contribution in [2.24, 2.45) is 0 Å². The van der Waals surface area contributed by atoms with Crippen molar-refractivity contribution in [3.63, 3.8) is 0 Å². The molecule has 0 radical (unpaired) electrons. The smallest absolute Gasteiger partial charge is 0.337 e. The summed E-state index contributed by atoms with van der Waals surface area (Å²) in [5, 5.41) is 12.1. The SMILES string of the molecule is CSCC(C)Nc1nccc(C(=O)O)c1Cl. The number of thioether (sulfide) groups is 1. The highest BCUT2D eigenvalue weighted by molar-refractivity contribution is 7.98. The van der Waals surface area contributed by atoms with E-state index in [-0.39, 0.29) is 16.6 Å². The Morgan fingerprint density at radius 3 is 3.00 bits per heavy atom. The fourth-order valence-electron chi connectivity index (χ4n) is 1.23. The highest BCUT2D eigenvalue weighted by atomic mass is 35.5. The Morgan fingerprint density at radius 2 is 2.44 bits per heavy atom. The molecule has 0 fully saturated rings. The summed E-state index contributed by atoms with van der Waals surface area (Å²) in [4.78, 5) is 14.9. The third kappa shape index (κ3) is 3.28. The lowest BCUT2D eigenvalue weighted by atomic mass is 10.2. The van der Waals surface area contributed by atoms with Gasteiger partial charge < -0.3 is 10.4 Å². The summed E-state index contributed by atoms with van der Waals surface area (Å²) in [5.41, 5.74) is 0.0653. The van der Waals surface area contributed by atoms with Crippen LogP contribution in [0.25, 0.3) is 0 Å². The van der Waals surface area contributed by atoms with Gasteiger partial charge in [0.05, 0.1) is 10.6 Å². The largest absolute Gasteiger partial charge is 0.478 e. The van der Waals surface area contributed by atoms with Crippen molar-refractivity contribution in [3.8, 4) is 0 Å². The Balaban J connectivity index is 2.89. The van der Waals surface area contributed by atoms with Gasteiger partial charge in [0, 0.05) is 18.0 Å². The van der Waals surface area contributed by atoms with Gasteiger partial charge in [-0.3, -0.25) is 0 Å². The third-order valence-corrected chi connectivity index (χ3v) is 3.14. The molecule has 1 heterocycles. The number of hydrogen-bond donors (Lipinski definition) is 2. The van der Waals surface area contributed by atoms with E-state index >= 15 is 0 Å². The second-order valence-corrected chi connectivity index (χ2v) is 4.62. The van der Waals surface area contributed by atoms with Gasteiger partial charge >= 0.3 is 5.97 Å². The number of carboxylic acids is 1. The summed E-state index contributed by atoms with van der Waals surface area (Å²) in [6, 6.07) is 1.57. The molecule has 4 nitrogen and oxygen atoms in total.